The fourth-order valence-electron chi connectivity index (χ4n) is 0. The maximum Gasteiger partial charge on any atom is 2.00 e. The van der Waals surface area contributed by atoms with Crippen molar-refractivity contribution in [3.63, 3.8) is 0 Å². The van der Waals surface area contributed by atoms with Gasteiger partial charge in [0.1, 0.15) is 0 Å². The number of carboxylic acids is 2. The summed E-state index contributed by atoms with van der Waals surface area (Å²) < 4.78 is 0. The van der Waals surface area contributed by atoms with Crippen LogP contribution in [0.15, 0.2) is 0 Å². The van der Waals surface area contributed by atoms with Gasteiger partial charge in [0.25, 0.3) is 0 Å². The second-order valence-electron chi connectivity index (χ2n) is 0.983. The summed E-state index contributed by atoms with van der Waals surface area (Å²) in [7, 11) is 0. The number of hydrogen-bond donors (Lipinski definition) is 0. The van der Waals surface area contributed by atoms with Gasteiger partial charge in [0.2, 0.25) is 0 Å². The van der Waals surface area contributed by atoms with Crippen LogP contribution >= 0.6 is 0 Å². The molecule has 0 aliphatic carbocycles. The molecule has 0 aromatic carbocycles. The molecule has 0 radical (unpaired) electrons. The van der Waals surface area contributed by atoms with Gasteiger partial charge in [-0.15, -0.1) is 0 Å². The van der Waals surface area contributed by atoms with Gasteiger partial charge < -0.3 is 19.8 Å². The molecule has 0 rings (SSSR count). The van der Waals surface area contributed by atoms with E-state index in [1.54, 1.807) is 0 Å². The molecule has 0 saturated heterocycles. The fourth-order valence-corrected chi connectivity index (χ4v) is 0. The number of hydrogen-bond acceptors (Lipinski definition) is 4. The molecule has 0 N–H and O–H groups in total. The zero-order chi connectivity index (χ0) is 7.15. The third kappa shape index (κ3) is 819. The number of aliphatic carboxylic acids is 2. The molecule has 0 bridgehead atoms. The predicted octanol–water partition coefficient (Wildman–Crippen LogP) is -2.49. The van der Waals surface area contributed by atoms with Crippen LogP contribution in [-0.2, 0) is 64.9 Å². The van der Waals surface area contributed by atoms with Crippen LogP contribution in [0, 0.1) is 0 Å². The quantitative estimate of drug-likeness (QED) is 0.332. The van der Waals surface area contributed by atoms with Crippen LogP contribution in [-0.4, -0.2) is 11.9 Å². The van der Waals surface area contributed by atoms with Crippen molar-refractivity contribution in [3.8, 4) is 0 Å². The summed E-state index contributed by atoms with van der Waals surface area (Å²) in [6.45, 7) is 1.94. The van der Waals surface area contributed by atoms with E-state index in [1.165, 1.54) is 0 Å². The van der Waals surface area contributed by atoms with E-state index in [2.05, 4.69) is 0 Å². The number of carboxylic acid groups (broad SMARTS) is 2. The standard InChI is InChI=1S/2C2H4O2.2Hg/c2*1-2(3)4;;/h2*1H3,(H,3,4);;/q;;2*+2/p-2. The molecular weight excluding hydrogens is 513 g/mol. The molecule has 4 nitrogen and oxygen atoms in total. The zero-order valence-electron chi connectivity index (χ0n) is 6.05. The van der Waals surface area contributed by atoms with E-state index in [1.807, 2.05) is 0 Å². The summed E-state index contributed by atoms with van der Waals surface area (Å²) in [5, 5.41) is 17.8. The Balaban J connectivity index is -0.0000000300. The summed E-state index contributed by atoms with van der Waals surface area (Å²) in [6, 6.07) is 0. The van der Waals surface area contributed by atoms with Crippen molar-refractivity contribution in [2.75, 3.05) is 0 Å². The summed E-state index contributed by atoms with van der Waals surface area (Å²) in [5.41, 5.74) is 0. The summed E-state index contributed by atoms with van der Waals surface area (Å²) >= 11 is 0. The van der Waals surface area contributed by atoms with Gasteiger partial charge in [0.05, 0.1) is 0 Å². The van der Waals surface area contributed by atoms with Crippen LogP contribution < -0.4 is 10.2 Å². The van der Waals surface area contributed by atoms with Gasteiger partial charge in [-0.1, -0.05) is 0 Å². The third-order valence-corrected chi connectivity index (χ3v) is 0. The van der Waals surface area contributed by atoms with E-state index < -0.39 is 11.9 Å². The minimum absolute atomic E-state index is 0. The van der Waals surface area contributed by atoms with Crippen molar-refractivity contribution in [2.24, 2.45) is 0 Å². The topological polar surface area (TPSA) is 80.3 Å². The van der Waals surface area contributed by atoms with Crippen LogP contribution in [0.25, 0.3) is 0 Å². The van der Waals surface area contributed by atoms with Gasteiger partial charge in [0, 0.05) is 11.9 Å². The van der Waals surface area contributed by atoms with Gasteiger partial charge in [0.15, 0.2) is 0 Å². The predicted molar refractivity (Wildman–Crippen MR) is 21.4 cm³/mol. The summed E-state index contributed by atoms with van der Waals surface area (Å²) in [5.74, 6) is -2.17. The average molecular weight is 519 g/mol. The molecule has 0 atom stereocenters. The Labute approximate surface area is 100 Å². The smallest absolute Gasteiger partial charge is 0.550 e. The van der Waals surface area contributed by atoms with E-state index in [0.717, 1.165) is 13.8 Å². The van der Waals surface area contributed by atoms with Crippen molar-refractivity contribution < 1.29 is 75.1 Å². The maximum atomic E-state index is 8.89. The Bertz CT molecular complexity index is 73.3. The van der Waals surface area contributed by atoms with Crippen molar-refractivity contribution >= 4 is 11.9 Å². The molecule has 6 heteroatoms. The second kappa shape index (κ2) is 16.4. The van der Waals surface area contributed by atoms with Crippen LogP contribution in [0.3, 0.4) is 0 Å². The second-order valence-corrected chi connectivity index (χ2v) is 0.983. The molecule has 48 valence electrons. The largest absolute Gasteiger partial charge is 2.00 e. The first kappa shape index (κ1) is 22.4. The molecule has 0 aromatic heterocycles. The molecule has 0 aromatic rings. The van der Waals surface area contributed by atoms with Crippen LogP contribution in [0.2, 0.25) is 0 Å². The number of carbonyl (C=O) groups is 2. The summed E-state index contributed by atoms with van der Waals surface area (Å²) in [4.78, 5) is 17.8. The minimum Gasteiger partial charge on any atom is -0.550 e. The van der Waals surface area contributed by atoms with Crippen LogP contribution in [0.5, 0.6) is 0 Å². The molecular formula is C4H6Hg2O4+2. The molecule has 0 aliphatic rings. The van der Waals surface area contributed by atoms with Crippen LogP contribution in [0.1, 0.15) is 13.8 Å². The molecule has 10 heavy (non-hydrogen) atoms. The molecule has 0 aliphatic heterocycles. The molecule has 0 heterocycles. The Morgan fingerprint density at radius 2 is 0.900 bits per heavy atom. The van der Waals surface area contributed by atoms with E-state index in [9.17, 15) is 0 Å². The van der Waals surface area contributed by atoms with Crippen molar-refractivity contribution in [2.45, 2.75) is 13.8 Å². The fraction of sp³-hybridized carbons (Fsp3) is 0.500. The van der Waals surface area contributed by atoms with Crippen molar-refractivity contribution in [3.05, 3.63) is 0 Å². The number of rotatable bonds is 0. The van der Waals surface area contributed by atoms with Gasteiger partial charge in [-0.25, -0.2) is 0 Å². The number of carbonyl (C=O) groups excluding carboxylic acids is 2. The molecule has 0 saturated carbocycles. The van der Waals surface area contributed by atoms with Crippen molar-refractivity contribution in [1.29, 1.82) is 0 Å². The molecule has 0 amide bonds. The normalized spacial score (nSPS) is 5.00. The monoisotopic (exact) mass is 522 g/mol. The SMILES string of the molecule is CC(=O)[O-].CC(=O)[O-].[Hg+2].[Hg+2]. The van der Waals surface area contributed by atoms with E-state index in [0.29, 0.717) is 0 Å². The van der Waals surface area contributed by atoms with E-state index in [-0.39, 0.29) is 55.3 Å². The van der Waals surface area contributed by atoms with Gasteiger partial charge in [-0.3, -0.25) is 0 Å². The van der Waals surface area contributed by atoms with Crippen LogP contribution in [0.4, 0.5) is 0 Å². The van der Waals surface area contributed by atoms with Crippen molar-refractivity contribution in [1.82, 2.24) is 0 Å². The molecule has 0 fully saturated rings. The minimum atomic E-state index is -1.08. The Morgan fingerprint density at radius 1 is 0.900 bits per heavy atom. The first-order valence-corrected chi connectivity index (χ1v) is 1.82. The Morgan fingerprint density at radius 3 is 0.900 bits per heavy atom. The van der Waals surface area contributed by atoms with Gasteiger partial charge in [-0.05, 0) is 13.8 Å². The first-order valence-electron chi connectivity index (χ1n) is 1.82. The zero-order valence-corrected chi connectivity index (χ0v) is 17.0. The van der Waals surface area contributed by atoms with E-state index >= 15 is 0 Å². The Kier molecular flexibility index (Phi) is 36.8. The van der Waals surface area contributed by atoms with Gasteiger partial charge >= 0.3 is 55.3 Å². The average Bonchev–Trinajstić information content (AvgIpc) is 1.25. The van der Waals surface area contributed by atoms with E-state index in [4.69, 9.17) is 19.8 Å². The summed E-state index contributed by atoms with van der Waals surface area (Å²) in [6.07, 6.45) is 0. The third-order valence-electron chi connectivity index (χ3n) is 0. The maximum absolute atomic E-state index is 8.89. The Hall–Kier alpha value is 0.810. The molecule has 0 unspecified atom stereocenters. The molecule has 0 spiro atoms. The van der Waals surface area contributed by atoms with Gasteiger partial charge in [-0.2, -0.15) is 0 Å². The first-order chi connectivity index (χ1) is 3.46.